The van der Waals surface area contributed by atoms with Crippen LogP contribution in [0, 0.1) is 6.92 Å². The van der Waals surface area contributed by atoms with E-state index in [-0.39, 0.29) is 11.8 Å². The lowest BCUT2D eigenvalue weighted by Gasteiger charge is -2.40. The van der Waals surface area contributed by atoms with E-state index in [0.29, 0.717) is 19.4 Å². The highest BCUT2D eigenvalue weighted by atomic mass is 16.5. The minimum absolute atomic E-state index is 0.0953. The second kappa shape index (κ2) is 9.06. The van der Waals surface area contributed by atoms with Gasteiger partial charge in [0.05, 0.1) is 18.6 Å². The van der Waals surface area contributed by atoms with Gasteiger partial charge in [-0.1, -0.05) is 42.0 Å². The van der Waals surface area contributed by atoms with E-state index >= 15 is 0 Å². The number of carbonyl (C=O) groups excluding carboxylic acids is 1. The predicted octanol–water partition coefficient (Wildman–Crippen LogP) is 0.900. The quantitative estimate of drug-likeness (QED) is 0.510. The SMILES string of the molecule is Cc1ccc(N2CC(c3ccc(CC[C@@H]4O[C@H](CO)[C@@H](O)[C@H](O)[C@H]4O)cc3)C2=O)cc1. The number of hydrogen-bond acceptors (Lipinski definition) is 6. The zero-order valence-corrected chi connectivity index (χ0v) is 17.5. The first-order valence-corrected chi connectivity index (χ1v) is 10.7. The Morgan fingerprint density at radius 1 is 0.935 bits per heavy atom. The zero-order valence-electron chi connectivity index (χ0n) is 17.5. The van der Waals surface area contributed by atoms with Crippen LogP contribution in [0.15, 0.2) is 48.5 Å². The molecule has 1 amide bonds. The maximum atomic E-state index is 12.6. The minimum atomic E-state index is -1.35. The molecule has 4 rings (SSSR count). The number of aryl methyl sites for hydroxylation is 2. The van der Waals surface area contributed by atoms with Crippen LogP contribution in [0.2, 0.25) is 0 Å². The molecule has 2 heterocycles. The Labute approximate surface area is 181 Å². The molecule has 0 saturated carbocycles. The lowest BCUT2D eigenvalue weighted by Crippen LogP contribution is -2.58. The third-order valence-corrected chi connectivity index (χ3v) is 6.37. The van der Waals surface area contributed by atoms with E-state index in [0.717, 1.165) is 22.4 Å². The number of benzene rings is 2. The fourth-order valence-corrected chi connectivity index (χ4v) is 4.27. The molecule has 4 N–H and O–H groups in total. The van der Waals surface area contributed by atoms with Gasteiger partial charge in [0.15, 0.2) is 0 Å². The van der Waals surface area contributed by atoms with Crippen molar-refractivity contribution in [1.29, 1.82) is 0 Å². The van der Waals surface area contributed by atoms with Crippen molar-refractivity contribution in [2.45, 2.75) is 56.2 Å². The van der Waals surface area contributed by atoms with E-state index in [9.17, 15) is 25.2 Å². The van der Waals surface area contributed by atoms with Gasteiger partial charge in [-0.15, -0.1) is 0 Å². The molecule has 0 aliphatic carbocycles. The fourth-order valence-electron chi connectivity index (χ4n) is 4.27. The molecule has 2 aliphatic rings. The summed E-state index contributed by atoms with van der Waals surface area (Å²) in [5, 5.41) is 39.2. The number of nitrogens with zero attached hydrogens (tertiary/aromatic N) is 1. The van der Waals surface area contributed by atoms with Crippen molar-refractivity contribution in [1.82, 2.24) is 0 Å². The number of carbonyl (C=O) groups is 1. The molecule has 7 nitrogen and oxygen atoms in total. The van der Waals surface area contributed by atoms with Crippen LogP contribution in [0.4, 0.5) is 5.69 Å². The molecule has 2 aromatic carbocycles. The van der Waals surface area contributed by atoms with E-state index in [2.05, 4.69) is 0 Å². The van der Waals surface area contributed by atoms with E-state index < -0.39 is 37.1 Å². The van der Waals surface area contributed by atoms with E-state index in [1.54, 1.807) is 4.90 Å². The Morgan fingerprint density at radius 3 is 2.19 bits per heavy atom. The largest absolute Gasteiger partial charge is 0.394 e. The van der Waals surface area contributed by atoms with Crippen LogP contribution in [0.1, 0.15) is 29.0 Å². The topological polar surface area (TPSA) is 110 Å². The highest BCUT2D eigenvalue weighted by Crippen LogP contribution is 2.33. The first-order chi connectivity index (χ1) is 14.9. The second-order valence-electron chi connectivity index (χ2n) is 8.48. The van der Waals surface area contributed by atoms with Crippen LogP contribution in [0.3, 0.4) is 0 Å². The molecule has 2 fully saturated rings. The van der Waals surface area contributed by atoms with Crippen LogP contribution in [-0.2, 0) is 16.0 Å². The molecule has 2 saturated heterocycles. The maximum Gasteiger partial charge on any atom is 0.236 e. The van der Waals surface area contributed by atoms with Crippen molar-refractivity contribution in [2.75, 3.05) is 18.1 Å². The molecule has 0 aromatic heterocycles. The third-order valence-electron chi connectivity index (χ3n) is 6.37. The van der Waals surface area contributed by atoms with Gasteiger partial charge in [-0.2, -0.15) is 0 Å². The Kier molecular flexibility index (Phi) is 6.41. The lowest BCUT2D eigenvalue weighted by atomic mass is 9.88. The van der Waals surface area contributed by atoms with Crippen LogP contribution in [0.5, 0.6) is 0 Å². The molecular formula is C24H29NO6. The van der Waals surface area contributed by atoms with E-state index in [1.165, 1.54) is 0 Å². The number of rotatable bonds is 6. The molecule has 2 aliphatic heterocycles. The Balaban J connectivity index is 1.33. The number of aliphatic hydroxyl groups is 4. The predicted molar refractivity (Wildman–Crippen MR) is 115 cm³/mol. The monoisotopic (exact) mass is 427 g/mol. The van der Waals surface area contributed by atoms with Crippen molar-refractivity contribution >= 4 is 11.6 Å². The van der Waals surface area contributed by atoms with Crippen LogP contribution >= 0.6 is 0 Å². The molecule has 166 valence electrons. The fraction of sp³-hybridized carbons (Fsp3) is 0.458. The molecule has 6 atom stereocenters. The van der Waals surface area contributed by atoms with Crippen molar-refractivity contribution in [3.05, 3.63) is 65.2 Å². The second-order valence-corrected chi connectivity index (χ2v) is 8.48. The number of β-lactam (4-membered cyclic amide) rings is 1. The number of ether oxygens (including phenoxy) is 1. The average Bonchev–Trinajstić information content (AvgIpc) is 2.78. The van der Waals surface area contributed by atoms with Gasteiger partial charge in [0, 0.05) is 12.2 Å². The van der Waals surface area contributed by atoms with Gasteiger partial charge < -0.3 is 30.1 Å². The van der Waals surface area contributed by atoms with Crippen LogP contribution in [0.25, 0.3) is 0 Å². The molecule has 0 spiro atoms. The summed E-state index contributed by atoms with van der Waals surface area (Å²) in [6.45, 7) is 2.25. The lowest BCUT2D eigenvalue weighted by molar-refractivity contribution is -0.230. The number of amides is 1. The summed E-state index contributed by atoms with van der Waals surface area (Å²) in [6.07, 6.45) is -4.42. The first-order valence-electron chi connectivity index (χ1n) is 10.7. The highest BCUT2D eigenvalue weighted by molar-refractivity contribution is 6.04. The number of aliphatic hydroxyl groups excluding tert-OH is 4. The van der Waals surface area contributed by atoms with Gasteiger partial charge in [0.1, 0.15) is 24.4 Å². The molecule has 7 heteroatoms. The molecular weight excluding hydrogens is 398 g/mol. The Hall–Kier alpha value is -2.29. The summed E-state index contributed by atoms with van der Waals surface area (Å²) < 4.78 is 5.56. The minimum Gasteiger partial charge on any atom is -0.394 e. The van der Waals surface area contributed by atoms with Crippen LogP contribution < -0.4 is 4.90 Å². The Bertz CT molecular complexity index is 897. The number of anilines is 1. The smallest absolute Gasteiger partial charge is 0.236 e. The molecule has 0 radical (unpaired) electrons. The normalized spacial score (nSPS) is 30.9. The zero-order chi connectivity index (χ0) is 22.1. The van der Waals surface area contributed by atoms with Gasteiger partial charge in [-0.25, -0.2) is 0 Å². The van der Waals surface area contributed by atoms with E-state index in [4.69, 9.17) is 4.74 Å². The molecule has 31 heavy (non-hydrogen) atoms. The van der Waals surface area contributed by atoms with Gasteiger partial charge in [-0.3, -0.25) is 4.79 Å². The molecule has 2 aromatic rings. The van der Waals surface area contributed by atoms with Gasteiger partial charge in [0.25, 0.3) is 0 Å². The van der Waals surface area contributed by atoms with Crippen LogP contribution in [-0.4, -0.2) is 70.0 Å². The summed E-state index contributed by atoms with van der Waals surface area (Å²) in [5.41, 5.74) is 4.07. The number of hydrogen-bond donors (Lipinski definition) is 4. The van der Waals surface area contributed by atoms with Crippen molar-refractivity contribution < 1.29 is 30.0 Å². The first kappa shape index (κ1) is 21.9. The highest BCUT2D eigenvalue weighted by Gasteiger charge is 2.43. The van der Waals surface area contributed by atoms with Gasteiger partial charge in [-0.05, 0) is 43.0 Å². The van der Waals surface area contributed by atoms with Crippen molar-refractivity contribution in [2.24, 2.45) is 0 Å². The Morgan fingerprint density at radius 2 is 1.58 bits per heavy atom. The maximum absolute atomic E-state index is 12.6. The average molecular weight is 427 g/mol. The summed E-state index contributed by atoms with van der Waals surface area (Å²) in [5.74, 6) is -0.0429. The van der Waals surface area contributed by atoms with Gasteiger partial charge >= 0.3 is 0 Å². The van der Waals surface area contributed by atoms with Crippen molar-refractivity contribution in [3.63, 3.8) is 0 Å². The van der Waals surface area contributed by atoms with Gasteiger partial charge in [0.2, 0.25) is 5.91 Å². The van der Waals surface area contributed by atoms with Crippen molar-refractivity contribution in [3.8, 4) is 0 Å². The summed E-state index contributed by atoms with van der Waals surface area (Å²) in [6, 6.07) is 15.8. The summed E-state index contributed by atoms with van der Waals surface area (Å²) >= 11 is 0. The summed E-state index contributed by atoms with van der Waals surface area (Å²) in [7, 11) is 0. The standard InChI is InChI=1S/C24H29NO6/c1-14-2-9-17(10-3-14)25-12-18(24(25)30)16-7-4-15(5-8-16)6-11-19-21(27)23(29)22(28)20(13-26)31-19/h2-5,7-10,18-23,26-29H,6,11-13H2,1H3/t18?,19-,20+,21-,22+,23+/m0/s1. The third kappa shape index (κ3) is 4.37. The molecule has 0 bridgehead atoms. The molecule has 1 unspecified atom stereocenters. The summed E-state index contributed by atoms with van der Waals surface area (Å²) in [4.78, 5) is 14.4. The van der Waals surface area contributed by atoms with E-state index in [1.807, 2.05) is 55.5 Å².